The van der Waals surface area contributed by atoms with Crippen molar-refractivity contribution in [2.24, 2.45) is 16.8 Å². The highest BCUT2D eigenvalue weighted by atomic mass is 19.1. The summed E-state index contributed by atoms with van der Waals surface area (Å²) in [4.78, 5) is 26.1. The minimum Gasteiger partial charge on any atom is -0.506 e. The minimum atomic E-state index is -1.52. The third-order valence-electron chi connectivity index (χ3n) is 6.68. The molecule has 0 radical (unpaired) electrons. The van der Waals surface area contributed by atoms with E-state index in [0.717, 1.165) is 24.6 Å². The number of carbonyl (C=O) groups is 2. The smallest absolute Gasteiger partial charge is 0.254 e. The Bertz CT molecular complexity index is 1270. The lowest BCUT2D eigenvalue weighted by molar-refractivity contribution is -0.117. The molecular formula is C24H28FN9O3. The zero-order valence-corrected chi connectivity index (χ0v) is 20.0. The summed E-state index contributed by atoms with van der Waals surface area (Å²) >= 11 is 0. The molecule has 4 rings (SSSR count). The van der Waals surface area contributed by atoms with Gasteiger partial charge in [0.25, 0.3) is 5.91 Å². The second kappa shape index (κ2) is 10.8. The fourth-order valence-corrected chi connectivity index (χ4v) is 4.43. The highest BCUT2D eigenvalue weighted by Crippen LogP contribution is 2.38. The number of alkyl halides is 1. The largest absolute Gasteiger partial charge is 0.506 e. The number of aromatic hydroxyl groups is 1. The molecule has 1 saturated carbocycles. The summed E-state index contributed by atoms with van der Waals surface area (Å²) < 4.78 is 17.1. The molecule has 13 heteroatoms. The molecule has 2 fully saturated rings. The maximum Gasteiger partial charge on any atom is 0.254 e. The summed E-state index contributed by atoms with van der Waals surface area (Å²) in [5.74, 6) is -1.26. The molecule has 37 heavy (non-hydrogen) atoms. The van der Waals surface area contributed by atoms with E-state index in [4.69, 9.17) is 11.1 Å². The van der Waals surface area contributed by atoms with Crippen molar-refractivity contribution in [3.05, 3.63) is 35.5 Å². The zero-order valence-electron chi connectivity index (χ0n) is 20.0. The predicted octanol–water partition coefficient (Wildman–Crippen LogP) is 1.94. The fraction of sp³-hybridized carbons (Fsp3) is 0.417. The van der Waals surface area contributed by atoms with Crippen LogP contribution in [0.4, 0.5) is 15.9 Å². The van der Waals surface area contributed by atoms with Crippen LogP contribution in [0.3, 0.4) is 0 Å². The van der Waals surface area contributed by atoms with Gasteiger partial charge in [-0.2, -0.15) is 15.5 Å². The number of halogens is 1. The van der Waals surface area contributed by atoms with Gasteiger partial charge >= 0.3 is 0 Å². The van der Waals surface area contributed by atoms with Crippen molar-refractivity contribution in [3.63, 3.8) is 0 Å². The molecule has 1 aliphatic heterocycles. The van der Waals surface area contributed by atoms with Crippen molar-refractivity contribution in [1.82, 2.24) is 14.7 Å². The van der Waals surface area contributed by atoms with Crippen LogP contribution in [0.25, 0.3) is 0 Å². The van der Waals surface area contributed by atoms with Crippen LogP contribution in [0.2, 0.25) is 0 Å². The number of hydrogen-bond donors (Lipinski definition) is 5. The summed E-state index contributed by atoms with van der Waals surface area (Å²) in [6, 6.07) is 7.00. The van der Waals surface area contributed by atoms with Gasteiger partial charge in [0.2, 0.25) is 5.91 Å². The molecule has 2 aromatic rings. The third kappa shape index (κ3) is 5.59. The van der Waals surface area contributed by atoms with Crippen LogP contribution in [0, 0.1) is 22.7 Å². The van der Waals surface area contributed by atoms with Crippen LogP contribution < -0.4 is 16.5 Å². The lowest BCUT2D eigenvalue weighted by Crippen LogP contribution is -2.54. The summed E-state index contributed by atoms with van der Waals surface area (Å²) in [5, 5.41) is 37.4. The van der Waals surface area contributed by atoms with Gasteiger partial charge in [0, 0.05) is 38.0 Å². The number of anilines is 2. The Morgan fingerprint density at radius 3 is 2.84 bits per heavy atom. The van der Waals surface area contributed by atoms with Crippen LogP contribution in [0.5, 0.6) is 5.75 Å². The van der Waals surface area contributed by atoms with Crippen LogP contribution in [0.15, 0.2) is 29.5 Å². The van der Waals surface area contributed by atoms with Crippen molar-refractivity contribution < 1.29 is 19.1 Å². The van der Waals surface area contributed by atoms with E-state index < -0.39 is 17.6 Å². The number of nitriles is 1. The Kier molecular flexibility index (Phi) is 7.49. The lowest BCUT2D eigenvalue weighted by atomic mass is 9.83. The molecule has 1 aliphatic carbocycles. The third-order valence-corrected chi connectivity index (χ3v) is 6.68. The summed E-state index contributed by atoms with van der Waals surface area (Å²) in [7, 11) is 0. The average molecular weight is 510 g/mol. The quantitative estimate of drug-likeness (QED) is 0.184. The molecule has 12 nitrogen and oxygen atoms in total. The van der Waals surface area contributed by atoms with Crippen molar-refractivity contribution in [2.75, 3.05) is 23.8 Å². The normalized spacial score (nSPS) is 21.9. The Hall–Kier alpha value is -4.31. The SMILES string of the molecule is N#CCC1(n2cc(C(N)=O)c(NC(=O)C3CC3)n2)CCN(Cc2ccc(N/N=C\C=N)c(O)c2)CC1F. The minimum absolute atomic E-state index is 0.0123. The topological polar surface area (TPSA) is 186 Å². The second-order valence-electron chi connectivity index (χ2n) is 9.26. The number of hydrazone groups is 1. The van der Waals surface area contributed by atoms with E-state index in [0.29, 0.717) is 18.8 Å². The molecule has 2 aliphatic rings. The van der Waals surface area contributed by atoms with Crippen LogP contribution in [0.1, 0.15) is 41.6 Å². The number of amides is 2. The van der Waals surface area contributed by atoms with Crippen LogP contribution in [-0.4, -0.2) is 63.3 Å². The van der Waals surface area contributed by atoms with Gasteiger partial charge < -0.3 is 21.6 Å². The van der Waals surface area contributed by atoms with E-state index >= 15 is 4.39 Å². The molecule has 0 spiro atoms. The number of benzene rings is 1. The van der Waals surface area contributed by atoms with E-state index in [1.165, 1.54) is 17.1 Å². The average Bonchev–Trinajstić information content (AvgIpc) is 3.62. The van der Waals surface area contributed by atoms with Crippen LogP contribution in [-0.2, 0) is 16.9 Å². The Morgan fingerprint density at radius 1 is 1.43 bits per heavy atom. The second-order valence-corrected chi connectivity index (χ2v) is 9.26. The molecule has 2 amide bonds. The lowest BCUT2D eigenvalue weighted by Gasteiger charge is -2.43. The molecule has 2 heterocycles. The maximum atomic E-state index is 15.8. The van der Waals surface area contributed by atoms with E-state index in [1.54, 1.807) is 18.2 Å². The van der Waals surface area contributed by atoms with Gasteiger partial charge in [0.1, 0.15) is 23.0 Å². The standard InChI is InChI=1S/C24H28FN9O3/c25-20-14-33(12-15-1-4-18(19(35)11-15)31-29-9-8-27)10-6-24(20,5-7-26)34-13-17(21(28)36)22(32-34)30-23(37)16-2-3-16/h1,4,8-9,11,13,16,20,27,31,35H,2-3,5-6,10,12,14H2,(H2,28,36)(H,30,32,37)/b27-8?,29-9-. The molecule has 0 bridgehead atoms. The van der Waals surface area contributed by atoms with E-state index in [1.807, 2.05) is 11.0 Å². The first-order valence-electron chi connectivity index (χ1n) is 11.8. The first-order chi connectivity index (χ1) is 17.8. The van der Waals surface area contributed by atoms with Crippen molar-refractivity contribution >= 4 is 35.7 Å². The van der Waals surface area contributed by atoms with Gasteiger partial charge in [0.15, 0.2) is 5.82 Å². The van der Waals surface area contributed by atoms with E-state index in [9.17, 15) is 20.0 Å². The number of phenols is 1. The molecule has 2 unspecified atom stereocenters. The maximum absolute atomic E-state index is 15.8. The van der Waals surface area contributed by atoms with Crippen molar-refractivity contribution in [2.45, 2.75) is 43.9 Å². The molecule has 2 atom stereocenters. The number of phenolic OH excluding ortho intramolecular Hbond substituents is 1. The molecule has 1 saturated heterocycles. The number of aromatic nitrogens is 2. The first-order valence-corrected chi connectivity index (χ1v) is 11.8. The molecule has 1 aromatic heterocycles. The van der Waals surface area contributed by atoms with Gasteiger partial charge in [-0.1, -0.05) is 6.07 Å². The molecule has 1 aromatic carbocycles. The summed E-state index contributed by atoms with van der Waals surface area (Å²) in [6.45, 7) is 0.763. The van der Waals surface area contributed by atoms with Gasteiger partial charge in [-0.05, 0) is 37.0 Å². The Balaban J connectivity index is 1.50. The number of primary amides is 1. The monoisotopic (exact) mass is 509 g/mol. The van der Waals surface area contributed by atoms with E-state index in [-0.39, 0.29) is 48.3 Å². The number of likely N-dealkylation sites (tertiary alicyclic amines) is 1. The van der Waals surface area contributed by atoms with E-state index in [2.05, 4.69) is 20.9 Å². The number of nitrogens with two attached hydrogens (primary N) is 1. The predicted molar refractivity (Wildman–Crippen MR) is 134 cm³/mol. The van der Waals surface area contributed by atoms with Gasteiger partial charge in [0.05, 0.1) is 24.4 Å². The van der Waals surface area contributed by atoms with Crippen molar-refractivity contribution in [1.29, 1.82) is 10.7 Å². The number of nitrogens with one attached hydrogen (secondary N) is 3. The number of rotatable bonds is 10. The number of hydrogen-bond acceptors (Lipinski definition) is 9. The Labute approximate surface area is 212 Å². The number of piperidine rings is 1. The highest BCUT2D eigenvalue weighted by Gasteiger charge is 2.47. The molecular weight excluding hydrogens is 481 g/mol. The summed E-state index contributed by atoms with van der Waals surface area (Å²) in [6.07, 6.45) is 3.58. The Morgan fingerprint density at radius 2 is 2.22 bits per heavy atom. The zero-order chi connectivity index (χ0) is 26.6. The number of nitrogens with zero attached hydrogens (tertiary/aromatic N) is 5. The highest BCUT2D eigenvalue weighted by molar-refractivity contribution is 6.14. The molecule has 6 N–H and O–H groups in total. The van der Waals surface area contributed by atoms with Crippen LogP contribution >= 0.6 is 0 Å². The molecule has 194 valence electrons. The number of carbonyl (C=O) groups excluding carboxylic acids is 2. The fourth-order valence-electron chi connectivity index (χ4n) is 4.43. The van der Waals surface area contributed by atoms with Gasteiger partial charge in [-0.15, -0.1) is 0 Å². The van der Waals surface area contributed by atoms with Crippen molar-refractivity contribution in [3.8, 4) is 11.8 Å². The summed E-state index contributed by atoms with van der Waals surface area (Å²) in [5.41, 5.74) is 7.86. The van der Waals surface area contributed by atoms with Gasteiger partial charge in [-0.3, -0.25) is 24.6 Å². The first kappa shape index (κ1) is 25.8. The van der Waals surface area contributed by atoms with Gasteiger partial charge in [-0.25, -0.2) is 4.39 Å².